The molecule has 1 aromatic carbocycles. The first-order chi connectivity index (χ1) is 7.46. The second-order valence-electron chi connectivity index (χ2n) is 4.66. The van der Waals surface area contributed by atoms with Gasteiger partial charge in [0.05, 0.1) is 5.69 Å². The van der Waals surface area contributed by atoms with Crippen molar-refractivity contribution in [2.45, 2.75) is 24.8 Å². The smallest absolute Gasteiger partial charge is 0.182 e. The number of rotatable bonds is 2. The van der Waals surface area contributed by atoms with Crippen molar-refractivity contribution in [1.29, 1.82) is 0 Å². The van der Waals surface area contributed by atoms with Crippen LogP contribution in [0, 0.1) is 11.6 Å². The molecule has 1 aromatic rings. The fraction of sp³-hybridized carbons (Fsp3) is 0.500. The van der Waals surface area contributed by atoms with Gasteiger partial charge in [-0.1, -0.05) is 6.07 Å². The average molecular weight is 226 g/mol. The predicted octanol–water partition coefficient (Wildman–Crippen LogP) is 2.37. The molecule has 0 unspecified atom stereocenters. The molecule has 1 aliphatic rings. The maximum Gasteiger partial charge on any atom is 0.182 e. The summed E-state index contributed by atoms with van der Waals surface area (Å²) in [5, 5.41) is 0. The summed E-state index contributed by atoms with van der Waals surface area (Å²) in [6, 6.07) is 2.76. The normalized spacial score (nSPS) is 18.1. The van der Waals surface area contributed by atoms with E-state index in [1.54, 1.807) is 25.1 Å². The summed E-state index contributed by atoms with van der Waals surface area (Å²) < 4.78 is 26.9. The van der Waals surface area contributed by atoms with Crippen molar-refractivity contribution in [3.63, 3.8) is 0 Å². The Balaban J connectivity index is 2.57. The van der Waals surface area contributed by atoms with Gasteiger partial charge in [-0.2, -0.15) is 0 Å². The number of anilines is 1. The van der Waals surface area contributed by atoms with Crippen LogP contribution < -0.4 is 10.6 Å². The van der Waals surface area contributed by atoms with Crippen LogP contribution in [0.4, 0.5) is 14.5 Å². The van der Waals surface area contributed by atoms with Crippen LogP contribution in [-0.2, 0) is 5.54 Å². The predicted molar refractivity (Wildman–Crippen MR) is 60.4 cm³/mol. The highest BCUT2D eigenvalue weighted by Crippen LogP contribution is 2.43. The van der Waals surface area contributed by atoms with Gasteiger partial charge < -0.3 is 10.6 Å². The summed E-state index contributed by atoms with van der Waals surface area (Å²) in [6.07, 6.45) is 2.71. The molecular weight excluding hydrogens is 210 g/mol. The molecule has 1 aliphatic carbocycles. The van der Waals surface area contributed by atoms with Gasteiger partial charge in [0.25, 0.3) is 0 Å². The molecule has 0 atom stereocenters. The maximum atomic E-state index is 13.7. The van der Waals surface area contributed by atoms with Crippen molar-refractivity contribution in [3.05, 3.63) is 29.3 Å². The van der Waals surface area contributed by atoms with Crippen LogP contribution in [0.5, 0.6) is 0 Å². The number of hydrogen-bond acceptors (Lipinski definition) is 2. The molecule has 0 aromatic heterocycles. The monoisotopic (exact) mass is 226 g/mol. The van der Waals surface area contributed by atoms with Crippen molar-refractivity contribution in [3.8, 4) is 0 Å². The van der Waals surface area contributed by atoms with E-state index in [9.17, 15) is 8.78 Å². The van der Waals surface area contributed by atoms with Crippen LogP contribution in [0.1, 0.15) is 24.8 Å². The minimum atomic E-state index is -0.824. The summed E-state index contributed by atoms with van der Waals surface area (Å²) >= 11 is 0. The fourth-order valence-electron chi connectivity index (χ4n) is 2.21. The average Bonchev–Trinajstić information content (AvgIpc) is 2.17. The molecular formula is C12H16F2N2. The van der Waals surface area contributed by atoms with Gasteiger partial charge in [-0.25, -0.2) is 8.78 Å². The van der Waals surface area contributed by atoms with Crippen LogP contribution in [0.25, 0.3) is 0 Å². The number of nitrogens with zero attached hydrogens (tertiary/aromatic N) is 1. The molecule has 0 bridgehead atoms. The van der Waals surface area contributed by atoms with Gasteiger partial charge in [0, 0.05) is 19.6 Å². The van der Waals surface area contributed by atoms with Crippen molar-refractivity contribution >= 4 is 5.69 Å². The third kappa shape index (κ3) is 1.57. The Morgan fingerprint density at radius 3 is 2.31 bits per heavy atom. The highest BCUT2D eigenvalue weighted by molar-refractivity contribution is 5.57. The lowest BCUT2D eigenvalue weighted by Gasteiger charge is -2.40. The van der Waals surface area contributed by atoms with E-state index in [0.717, 1.165) is 25.3 Å². The second kappa shape index (κ2) is 3.70. The molecule has 0 aliphatic heterocycles. The van der Waals surface area contributed by atoms with Gasteiger partial charge in [-0.15, -0.1) is 0 Å². The van der Waals surface area contributed by atoms with E-state index >= 15 is 0 Å². The first-order valence-corrected chi connectivity index (χ1v) is 5.40. The molecule has 1 fully saturated rings. The Morgan fingerprint density at radius 2 is 1.88 bits per heavy atom. The summed E-state index contributed by atoms with van der Waals surface area (Å²) in [7, 11) is 3.40. The molecule has 2 nitrogen and oxygen atoms in total. The van der Waals surface area contributed by atoms with Gasteiger partial charge in [0.15, 0.2) is 11.6 Å². The quantitative estimate of drug-likeness (QED) is 0.838. The van der Waals surface area contributed by atoms with Crippen LogP contribution in [0.3, 0.4) is 0 Å². The summed E-state index contributed by atoms with van der Waals surface area (Å²) in [5.41, 5.74) is 6.68. The molecule has 88 valence electrons. The Labute approximate surface area is 94.0 Å². The lowest BCUT2D eigenvalue weighted by atomic mass is 9.72. The molecule has 2 rings (SSSR count). The van der Waals surface area contributed by atoms with Crippen molar-refractivity contribution in [2.24, 2.45) is 5.73 Å². The first-order valence-electron chi connectivity index (χ1n) is 5.40. The van der Waals surface area contributed by atoms with Crippen molar-refractivity contribution in [2.75, 3.05) is 19.0 Å². The Hall–Kier alpha value is -1.16. The van der Waals surface area contributed by atoms with Crippen LogP contribution in [0.15, 0.2) is 12.1 Å². The number of hydrogen-bond donors (Lipinski definition) is 1. The summed E-state index contributed by atoms with van der Waals surface area (Å²) in [5.74, 6) is -1.63. The molecule has 4 heteroatoms. The van der Waals surface area contributed by atoms with E-state index in [4.69, 9.17) is 5.73 Å². The highest BCUT2D eigenvalue weighted by Gasteiger charge is 2.37. The molecule has 2 N–H and O–H groups in total. The third-order valence-corrected chi connectivity index (χ3v) is 3.30. The van der Waals surface area contributed by atoms with Gasteiger partial charge >= 0.3 is 0 Å². The topological polar surface area (TPSA) is 29.3 Å². The van der Waals surface area contributed by atoms with Crippen LogP contribution >= 0.6 is 0 Å². The largest absolute Gasteiger partial charge is 0.375 e. The van der Waals surface area contributed by atoms with Gasteiger partial charge in [-0.05, 0) is 30.9 Å². The first kappa shape index (κ1) is 11.3. The number of nitrogens with two attached hydrogens (primary N) is 1. The van der Waals surface area contributed by atoms with E-state index in [0.29, 0.717) is 5.56 Å². The molecule has 1 saturated carbocycles. The molecule has 0 spiro atoms. The van der Waals surface area contributed by atoms with Crippen LogP contribution in [-0.4, -0.2) is 14.1 Å². The summed E-state index contributed by atoms with van der Waals surface area (Å²) in [6.45, 7) is 0. The lowest BCUT2D eigenvalue weighted by Crippen LogP contribution is -2.44. The van der Waals surface area contributed by atoms with Crippen molar-refractivity contribution in [1.82, 2.24) is 0 Å². The SMILES string of the molecule is CN(C)c1c(C2(N)CCC2)ccc(F)c1F. The highest BCUT2D eigenvalue weighted by atomic mass is 19.2. The molecule has 16 heavy (non-hydrogen) atoms. The zero-order valence-electron chi connectivity index (χ0n) is 9.56. The Morgan fingerprint density at radius 1 is 1.25 bits per heavy atom. The zero-order valence-corrected chi connectivity index (χ0v) is 9.56. The Bertz CT molecular complexity index is 412. The molecule has 0 amide bonds. The van der Waals surface area contributed by atoms with Crippen molar-refractivity contribution < 1.29 is 8.78 Å². The molecule has 0 radical (unpaired) electrons. The van der Waals surface area contributed by atoms with E-state index < -0.39 is 17.2 Å². The Kier molecular flexibility index (Phi) is 2.62. The second-order valence-corrected chi connectivity index (χ2v) is 4.66. The van der Waals surface area contributed by atoms with Gasteiger partial charge in [0.1, 0.15) is 0 Å². The van der Waals surface area contributed by atoms with E-state index in [1.807, 2.05) is 0 Å². The van der Waals surface area contributed by atoms with Crippen LogP contribution in [0.2, 0.25) is 0 Å². The van der Waals surface area contributed by atoms with E-state index in [2.05, 4.69) is 0 Å². The van der Waals surface area contributed by atoms with E-state index in [1.165, 1.54) is 0 Å². The lowest BCUT2D eigenvalue weighted by molar-refractivity contribution is 0.253. The zero-order chi connectivity index (χ0) is 11.9. The number of benzene rings is 1. The summed E-state index contributed by atoms with van der Waals surface area (Å²) in [4.78, 5) is 1.58. The fourth-order valence-corrected chi connectivity index (χ4v) is 2.21. The minimum absolute atomic E-state index is 0.280. The maximum absolute atomic E-state index is 13.7. The minimum Gasteiger partial charge on any atom is -0.375 e. The van der Waals surface area contributed by atoms with Gasteiger partial charge in [-0.3, -0.25) is 0 Å². The molecule has 0 heterocycles. The standard InChI is InChI=1S/C12H16F2N2/c1-16(2)11-8(12(15)6-3-7-12)4-5-9(13)10(11)14/h4-5H,3,6-7,15H2,1-2H3. The van der Waals surface area contributed by atoms with Gasteiger partial charge in [0.2, 0.25) is 0 Å². The third-order valence-electron chi connectivity index (χ3n) is 3.30. The van der Waals surface area contributed by atoms with E-state index in [-0.39, 0.29) is 5.69 Å². The molecule has 0 saturated heterocycles. The number of halogens is 2.